The third kappa shape index (κ3) is 3.11. The largest absolute Gasteiger partial charge is 0.489 e. The van der Waals surface area contributed by atoms with Crippen molar-refractivity contribution in [1.29, 1.82) is 0 Å². The second-order valence-electron chi connectivity index (χ2n) is 3.59. The van der Waals surface area contributed by atoms with Crippen LogP contribution in [0.15, 0.2) is 42.5 Å². The fraction of sp³-hybridized carbons (Fsp3) is 0.0769. The lowest BCUT2D eigenvalue weighted by Crippen LogP contribution is -1.98. The molecule has 0 aliphatic rings. The zero-order valence-corrected chi connectivity index (χ0v) is 9.75. The molecule has 0 aliphatic heterocycles. The molecule has 0 aromatic heterocycles. The molecule has 17 heavy (non-hydrogen) atoms. The summed E-state index contributed by atoms with van der Waals surface area (Å²) in [5.74, 6) is 0.309. The van der Waals surface area contributed by atoms with Gasteiger partial charge in [-0.3, -0.25) is 0 Å². The average molecular weight is 252 g/mol. The van der Waals surface area contributed by atoms with Crippen molar-refractivity contribution in [2.45, 2.75) is 6.61 Å². The van der Waals surface area contributed by atoms with E-state index in [1.165, 1.54) is 12.1 Å². The molecule has 0 aliphatic carbocycles. The Morgan fingerprint density at radius 3 is 2.53 bits per heavy atom. The molecule has 2 nitrogen and oxygen atoms in total. The maximum absolute atomic E-state index is 13.4. The molecular weight excluding hydrogens is 241 g/mol. The monoisotopic (exact) mass is 251 g/mol. The van der Waals surface area contributed by atoms with Crippen LogP contribution in [0.3, 0.4) is 0 Å². The lowest BCUT2D eigenvalue weighted by Gasteiger charge is -2.07. The van der Waals surface area contributed by atoms with Gasteiger partial charge in [0, 0.05) is 16.3 Å². The Bertz CT molecular complexity index is 513. The second-order valence-corrected chi connectivity index (χ2v) is 4.03. The molecule has 0 saturated carbocycles. The van der Waals surface area contributed by atoms with E-state index in [1.54, 1.807) is 30.3 Å². The van der Waals surface area contributed by atoms with Gasteiger partial charge in [0.15, 0.2) is 0 Å². The average Bonchev–Trinajstić information content (AvgIpc) is 2.32. The number of benzene rings is 2. The molecule has 88 valence electrons. The molecule has 0 radical (unpaired) electrons. The third-order valence-electron chi connectivity index (χ3n) is 2.28. The van der Waals surface area contributed by atoms with Crippen LogP contribution >= 0.6 is 11.6 Å². The van der Waals surface area contributed by atoms with Crippen molar-refractivity contribution < 1.29 is 9.13 Å². The Labute approximate surface area is 104 Å². The fourth-order valence-corrected chi connectivity index (χ4v) is 1.57. The SMILES string of the molecule is Nc1ccc(OCc2cc(Cl)ccc2F)cc1. The summed E-state index contributed by atoms with van der Waals surface area (Å²) in [5, 5.41) is 0.488. The van der Waals surface area contributed by atoms with Crippen LogP contribution in [0.25, 0.3) is 0 Å². The summed E-state index contributed by atoms with van der Waals surface area (Å²) in [6.07, 6.45) is 0. The number of halogens is 2. The predicted octanol–water partition coefficient (Wildman–Crippen LogP) is 3.64. The highest BCUT2D eigenvalue weighted by atomic mass is 35.5. The van der Waals surface area contributed by atoms with E-state index in [0.29, 0.717) is 22.0 Å². The molecule has 0 bridgehead atoms. The van der Waals surface area contributed by atoms with Gasteiger partial charge in [-0.15, -0.1) is 0 Å². The van der Waals surface area contributed by atoms with Crippen molar-refractivity contribution in [1.82, 2.24) is 0 Å². The summed E-state index contributed by atoms with van der Waals surface area (Å²) in [6.45, 7) is 0.135. The zero-order valence-electron chi connectivity index (χ0n) is 8.99. The van der Waals surface area contributed by atoms with E-state index >= 15 is 0 Å². The summed E-state index contributed by atoms with van der Waals surface area (Å²) < 4.78 is 18.8. The van der Waals surface area contributed by atoms with Gasteiger partial charge in [-0.2, -0.15) is 0 Å². The molecule has 2 rings (SSSR count). The predicted molar refractivity (Wildman–Crippen MR) is 66.6 cm³/mol. The molecule has 0 amide bonds. The molecule has 0 saturated heterocycles. The Hall–Kier alpha value is -1.74. The van der Waals surface area contributed by atoms with Gasteiger partial charge in [0.25, 0.3) is 0 Å². The molecular formula is C13H11ClFNO. The minimum absolute atomic E-state index is 0.135. The van der Waals surface area contributed by atoms with Crippen molar-refractivity contribution in [3.8, 4) is 5.75 Å². The Kier molecular flexibility index (Phi) is 3.49. The molecule has 0 fully saturated rings. The van der Waals surface area contributed by atoms with Gasteiger partial charge in [0.05, 0.1) is 0 Å². The van der Waals surface area contributed by atoms with Gasteiger partial charge in [0.2, 0.25) is 0 Å². The topological polar surface area (TPSA) is 35.2 Å². The number of ether oxygens (including phenoxy) is 1. The first kappa shape index (κ1) is 11.7. The zero-order chi connectivity index (χ0) is 12.3. The van der Waals surface area contributed by atoms with E-state index in [-0.39, 0.29) is 12.4 Å². The Balaban J connectivity index is 2.07. The highest BCUT2D eigenvalue weighted by Gasteiger charge is 2.03. The summed E-state index contributed by atoms with van der Waals surface area (Å²) in [6, 6.07) is 11.3. The summed E-state index contributed by atoms with van der Waals surface area (Å²) in [7, 11) is 0. The first-order chi connectivity index (χ1) is 8.15. The van der Waals surface area contributed by atoms with Crippen molar-refractivity contribution in [3.05, 3.63) is 58.9 Å². The molecule has 0 atom stereocenters. The van der Waals surface area contributed by atoms with E-state index < -0.39 is 0 Å². The molecule has 2 aromatic rings. The second kappa shape index (κ2) is 5.06. The van der Waals surface area contributed by atoms with E-state index in [9.17, 15) is 4.39 Å². The number of anilines is 1. The maximum atomic E-state index is 13.4. The lowest BCUT2D eigenvalue weighted by atomic mass is 10.2. The van der Waals surface area contributed by atoms with Crippen LogP contribution in [0.1, 0.15) is 5.56 Å². The first-order valence-electron chi connectivity index (χ1n) is 5.07. The van der Waals surface area contributed by atoms with Crippen molar-refractivity contribution in [2.75, 3.05) is 5.73 Å². The van der Waals surface area contributed by atoms with Crippen LogP contribution in [-0.2, 0) is 6.61 Å². The van der Waals surface area contributed by atoms with E-state index in [2.05, 4.69) is 0 Å². The minimum atomic E-state index is -0.329. The van der Waals surface area contributed by atoms with Gasteiger partial charge in [-0.25, -0.2) is 4.39 Å². The van der Waals surface area contributed by atoms with Crippen LogP contribution in [-0.4, -0.2) is 0 Å². The molecule has 2 N–H and O–H groups in total. The lowest BCUT2D eigenvalue weighted by molar-refractivity contribution is 0.300. The Morgan fingerprint density at radius 1 is 1.12 bits per heavy atom. The van der Waals surface area contributed by atoms with Crippen molar-refractivity contribution in [2.24, 2.45) is 0 Å². The number of rotatable bonds is 3. The normalized spacial score (nSPS) is 10.2. The van der Waals surface area contributed by atoms with Crippen molar-refractivity contribution in [3.63, 3.8) is 0 Å². The van der Waals surface area contributed by atoms with Crippen LogP contribution in [0.2, 0.25) is 5.02 Å². The third-order valence-corrected chi connectivity index (χ3v) is 2.52. The smallest absolute Gasteiger partial charge is 0.129 e. The molecule has 0 spiro atoms. The highest BCUT2D eigenvalue weighted by Crippen LogP contribution is 2.18. The molecule has 0 unspecified atom stereocenters. The van der Waals surface area contributed by atoms with Crippen LogP contribution < -0.4 is 10.5 Å². The van der Waals surface area contributed by atoms with Gasteiger partial charge in [0.1, 0.15) is 18.2 Å². The van der Waals surface area contributed by atoms with Crippen LogP contribution in [0, 0.1) is 5.82 Å². The van der Waals surface area contributed by atoms with Gasteiger partial charge in [-0.05, 0) is 42.5 Å². The van der Waals surface area contributed by atoms with Crippen LogP contribution in [0.4, 0.5) is 10.1 Å². The van der Waals surface area contributed by atoms with E-state index in [4.69, 9.17) is 22.1 Å². The van der Waals surface area contributed by atoms with E-state index in [1.807, 2.05) is 0 Å². The number of nitrogens with two attached hydrogens (primary N) is 1. The van der Waals surface area contributed by atoms with Crippen LogP contribution in [0.5, 0.6) is 5.75 Å². The standard InChI is InChI=1S/C13H11ClFNO/c14-10-1-6-13(15)9(7-10)8-17-12-4-2-11(16)3-5-12/h1-7H,8,16H2. The quantitative estimate of drug-likeness (QED) is 0.846. The Morgan fingerprint density at radius 2 is 1.82 bits per heavy atom. The first-order valence-corrected chi connectivity index (χ1v) is 5.45. The van der Waals surface area contributed by atoms with Gasteiger partial charge in [-0.1, -0.05) is 11.6 Å². The minimum Gasteiger partial charge on any atom is -0.489 e. The van der Waals surface area contributed by atoms with Gasteiger partial charge < -0.3 is 10.5 Å². The summed E-state index contributed by atoms with van der Waals surface area (Å²) >= 11 is 5.78. The molecule has 2 aromatic carbocycles. The number of nitrogen functional groups attached to an aromatic ring is 1. The fourth-order valence-electron chi connectivity index (χ4n) is 1.38. The van der Waals surface area contributed by atoms with Crippen molar-refractivity contribution >= 4 is 17.3 Å². The maximum Gasteiger partial charge on any atom is 0.129 e. The molecule has 0 heterocycles. The summed E-state index contributed by atoms with van der Waals surface area (Å²) in [4.78, 5) is 0. The van der Waals surface area contributed by atoms with E-state index in [0.717, 1.165) is 0 Å². The molecule has 4 heteroatoms. The number of hydrogen-bond donors (Lipinski definition) is 1. The highest BCUT2D eigenvalue weighted by molar-refractivity contribution is 6.30. The number of hydrogen-bond acceptors (Lipinski definition) is 2. The van der Waals surface area contributed by atoms with Gasteiger partial charge >= 0.3 is 0 Å². The summed E-state index contributed by atoms with van der Waals surface area (Å²) in [5.41, 5.74) is 6.63.